The maximum Gasteiger partial charge on any atom is 0.181 e. The Bertz CT molecular complexity index is 357. The van der Waals surface area contributed by atoms with Crippen LogP contribution in [0.1, 0.15) is 18.1 Å². The summed E-state index contributed by atoms with van der Waals surface area (Å²) in [6, 6.07) is 7.80. The quantitative estimate of drug-likeness (QED) is 0.717. The van der Waals surface area contributed by atoms with E-state index in [1.165, 1.54) is 0 Å². The monoisotopic (exact) mass is 209 g/mol. The van der Waals surface area contributed by atoms with Gasteiger partial charge in [-0.05, 0) is 19.4 Å². The van der Waals surface area contributed by atoms with Crippen molar-refractivity contribution >= 4 is 11.6 Å². The smallest absolute Gasteiger partial charge is 0.181 e. The van der Waals surface area contributed by atoms with E-state index in [0.29, 0.717) is 5.88 Å². The first-order valence-electron chi connectivity index (χ1n) is 4.39. The largest absolute Gasteiger partial charge is 0.475 e. The fourth-order valence-electron chi connectivity index (χ4n) is 1.19. The molecule has 1 aromatic carbocycles. The highest BCUT2D eigenvalue weighted by molar-refractivity contribution is 6.17. The van der Waals surface area contributed by atoms with Crippen LogP contribution in [0.2, 0.25) is 0 Å². The lowest BCUT2D eigenvalue weighted by Gasteiger charge is -2.13. The summed E-state index contributed by atoms with van der Waals surface area (Å²) in [6.07, 6.45) is -0.446. The van der Waals surface area contributed by atoms with Gasteiger partial charge in [0.15, 0.2) is 6.10 Å². The molecule has 0 N–H and O–H groups in total. The molecule has 0 aliphatic heterocycles. The van der Waals surface area contributed by atoms with E-state index in [1.54, 1.807) is 6.92 Å². The third kappa shape index (κ3) is 2.40. The predicted molar refractivity (Wildman–Crippen MR) is 56.4 cm³/mol. The Kier molecular flexibility index (Phi) is 3.79. The van der Waals surface area contributed by atoms with Crippen LogP contribution in [0.5, 0.6) is 5.75 Å². The summed E-state index contributed by atoms with van der Waals surface area (Å²) < 4.78 is 5.47. The number of aryl methyl sites for hydroxylation is 1. The average molecular weight is 210 g/mol. The first-order valence-corrected chi connectivity index (χ1v) is 4.93. The maximum atomic E-state index is 8.64. The molecular formula is C11H12ClNO. The van der Waals surface area contributed by atoms with E-state index in [1.807, 2.05) is 31.2 Å². The van der Waals surface area contributed by atoms with Gasteiger partial charge in [0.05, 0.1) is 5.88 Å². The summed E-state index contributed by atoms with van der Waals surface area (Å²) in [5.41, 5.74) is 1.93. The Hall–Kier alpha value is -1.20. The number of ether oxygens (including phenoxy) is 1. The second-order valence-electron chi connectivity index (χ2n) is 3.09. The molecule has 0 aliphatic carbocycles. The van der Waals surface area contributed by atoms with Crippen molar-refractivity contribution < 1.29 is 4.74 Å². The number of hydrogen-bond acceptors (Lipinski definition) is 2. The van der Waals surface area contributed by atoms with Gasteiger partial charge in [-0.1, -0.05) is 18.2 Å². The van der Waals surface area contributed by atoms with E-state index < -0.39 is 6.10 Å². The molecule has 0 heterocycles. The normalized spacial score (nSPS) is 11.9. The second-order valence-corrected chi connectivity index (χ2v) is 3.35. The van der Waals surface area contributed by atoms with Crippen molar-refractivity contribution in [3.05, 3.63) is 29.3 Å². The Labute approximate surface area is 89.1 Å². The van der Waals surface area contributed by atoms with Gasteiger partial charge in [-0.25, -0.2) is 0 Å². The zero-order valence-corrected chi connectivity index (χ0v) is 9.01. The molecule has 0 bridgehead atoms. The first-order chi connectivity index (χ1) is 6.69. The molecule has 1 atom stereocenters. The Morgan fingerprint density at radius 2 is 2.29 bits per heavy atom. The van der Waals surface area contributed by atoms with Gasteiger partial charge >= 0.3 is 0 Å². The lowest BCUT2D eigenvalue weighted by atomic mass is 10.1. The molecule has 0 aromatic heterocycles. The number of nitrogens with zero attached hydrogens (tertiary/aromatic N) is 1. The molecule has 14 heavy (non-hydrogen) atoms. The molecule has 0 spiro atoms. The minimum absolute atomic E-state index is 0.398. The SMILES string of the molecule is Cc1cccc(CCl)c1OC(C)C#N. The van der Waals surface area contributed by atoms with E-state index in [-0.39, 0.29) is 0 Å². The van der Waals surface area contributed by atoms with Crippen LogP contribution in [0, 0.1) is 18.3 Å². The summed E-state index contributed by atoms with van der Waals surface area (Å²) in [5, 5.41) is 8.64. The summed E-state index contributed by atoms with van der Waals surface area (Å²) in [6.45, 7) is 3.65. The van der Waals surface area contributed by atoms with Gasteiger partial charge < -0.3 is 4.74 Å². The van der Waals surface area contributed by atoms with Crippen LogP contribution in [0.4, 0.5) is 0 Å². The van der Waals surface area contributed by atoms with Crippen LogP contribution in [-0.2, 0) is 5.88 Å². The molecule has 0 saturated heterocycles. The molecule has 2 nitrogen and oxygen atoms in total. The van der Waals surface area contributed by atoms with Gasteiger partial charge in [0.25, 0.3) is 0 Å². The molecule has 0 radical (unpaired) electrons. The van der Waals surface area contributed by atoms with Crippen molar-refractivity contribution in [1.29, 1.82) is 5.26 Å². The van der Waals surface area contributed by atoms with Crippen LogP contribution in [0.25, 0.3) is 0 Å². The average Bonchev–Trinajstić information content (AvgIpc) is 2.20. The van der Waals surface area contributed by atoms with Crippen molar-refractivity contribution in [1.82, 2.24) is 0 Å². The lowest BCUT2D eigenvalue weighted by molar-refractivity contribution is 0.272. The molecule has 1 rings (SSSR count). The highest BCUT2D eigenvalue weighted by atomic mass is 35.5. The van der Waals surface area contributed by atoms with E-state index in [2.05, 4.69) is 0 Å². The van der Waals surface area contributed by atoms with Crippen molar-refractivity contribution in [2.24, 2.45) is 0 Å². The van der Waals surface area contributed by atoms with Crippen LogP contribution in [0.15, 0.2) is 18.2 Å². The van der Waals surface area contributed by atoms with Crippen molar-refractivity contribution in [2.45, 2.75) is 25.8 Å². The van der Waals surface area contributed by atoms with E-state index in [0.717, 1.165) is 16.9 Å². The summed E-state index contributed by atoms with van der Waals surface area (Å²) in [5.74, 6) is 1.13. The van der Waals surface area contributed by atoms with Crippen LogP contribution in [-0.4, -0.2) is 6.10 Å². The summed E-state index contributed by atoms with van der Waals surface area (Å²) >= 11 is 5.77. The number of nitriles is 1. The van der Waals surface area contributed by atoms with Crippen LogP contribution in [0.3, 0.4) is 0 Å². The fourth-order valence-corrected chi connectivity index (χ4v) is 1.40. The number of alkyl halides is 1. The Morgan fingerprint density at radius 3 is 2.86 bits per heavy atom. The molecule has 1 aromatic rings. The molecule has 0 saturated carbocycles. The third-order valence-electron chi connectivity index (χ3n) is 1.91. The number of halogens is 1. The summed E-state index contributed by atoms with van der Waals surface area (Å²) in [4.78, 5) is 0. The second kappa shape index (κ2) is 4.88. The Morgan fingerprint density at radius 1 is 1.57 bits per heavy atom. The zero-order chi connectivity index (χ0) is 10.6. The van der Waals surface area contributed by atoms with Gasteiger partial charge in [-0.15, -0.1) is 11.6 Å². The van der Waals surface area contributed by atoms with E-state index >= 15 is 0 Å². The predicted octanol–water partition coefficient (Wildman–Crippen LogP) is 3.02. The van der Waals surface area contributed by atoms with E-state index in [9.17, 15) is 0 Å². The van der Waals surface area contributed by atoms with Crippen molar-refractivity contribution in [3.8, 4) is 11.8 Å². The minimum Gasteiger partial charge on any atom is -0.475 e. The van der Waals surface area contributed by atoms with E-state index in [4.69, 9.17) is 21.6 Å². The number of rotatable bonds is 3. The number of hydrogen-bond donors (Lipinski definition) is 0. The fraction of sp³-hybridized carbons (Fsp3) is 0.364. The van der Waals surface area contributed by atoms with Crippen LogP contribution < -0.4 is 4.74 Å². The third-order valence-corrected chi connectivity index (χ3v) is 2.20. The van der Waals surface area contributed by atoms with Gasteiger partial charge in [0, 0.05) is 5.56 Å². The topological polar surface area (TPSA) is 33.0 Å². The molecule has 74 valence electrons. The molecule has 1 unspecified atom stereocenters. The molecule has 0 amide bonds. The molecule has 0 fully saturated rings. The first kappa shape index (κ1) is 10.9. The van der Waals surface area contributed by atoms with Gasteiger partial charge in [-0.3, -0.25) is 0 Å². The van der Waals surface area contributed by atoms with Gasteiger partial charge in [0.2, 0.25) is 0 Å². The number of benzene rings is 1. The molecular weight excluding hydrogens is 198 g/mol. The zero-order valence-electron chi connectivity index (χ0n) is 8.25. The Balaban J connectivity index is 3.00. The maximum absolute atomic E-state index is 8.64. The van der Waals surface area contributed by atoms with Gasteiger partial charge in [0.1, 0.15) is 11.8 Å². The van der Waals surface area contributed by atoms with Crippen LogP contribution >= 0.6 is 11.6 Å². The molecule has 0 aliphatic rings. The van der Waals surface area contributed by atoms with Crippen molar-refractivity contribution in [3.63, 3.8) is 0 Å². The minimum atomic E-state index is -0.446. The standard InChI is InChI=1S/C11H12ClNO/c1-8-4-3-5-10(6-12)11(8)14-9(2)7-13/h3-5,9H,6H2,1-2H3. The number of para-hydroxylation sites is 1. The van der Waals surface area contributed by atoms with Gasteiger partial charge in [-0.2, -0.15) is 5.26 Å². The van der Waals surface area contributed by atoms with Crippen molar-refractivity contribution in [2.75, 3.05) is 0 Å². The lowest BCUT2D eigenvalue weighted by Crippen LogP contribution is -2.10. The highest BCUT2D eigenvalue weighted by Gasteiger charge is 2.09. The molecule has 3 heteroatoms. The summed E-state index contributed by atoms with van der Waals surface area (Å²) in [7, 11) is 0. The highest BCUT2D eigenvalue weighted by Crippen LogP contribution is 2.25.